The highest BCUT2D eigenvalue weighted by atomic mass is 32.1. The van der Waals surface area contributed by atoms with Crippen molar-refractivity contribution >= 4 is 34.8 Å². The number of benzene rings is 1. The number of likely N-dealkylation sites (tertiary alicyclic amines) is 1. The number of aliphatic imine (C=N–C) groups is 1. The summed E-state index contributed by atoms with van der Waals surface area (Å²) in [5.41, 5.74) is 5.10. The van der Waals surface area contributed by atoms with Gasteiger partial charge in [-0.25, -0.2) is 4.79 Å². The van der Waals surface area contributed by atoms with Crippen LogP contribution in [0.2, 0.25) is 0 Å². The quantitative estimate of drug-likeness (QED) is 0.329. The molecule has 12 heteroatoms. The highest BCUT2D eigenvalue weighted by Crippen LogP contribution is 2.36. The average molecular weight is 664 g/mol. The number of thiophene rings is 1. The fraction of sp³-hybridized carbons (Fsp3) is 0.571. The molecule has 0 radical (unpaired) electrons. The van der Waals surface area contributed by atoms with Crippen LogP contribution in [0.25, 0.3) is 5.00 Å². The minimum Gasteiger partial charge on any atom is -0.460 e. The Balaban J connectivity index is 0.000000483. The number of anilines is 1. The monoisotopic (exact) mass is 663 g/mol. The van der Waals surface area contributed by atoms with Gasteiger partial charge in [0.25, 0.3) is 0 Å². The van der Waals surface area contributed by atoms with E-state index in [0.29, 0.717) is 12.6 Å². The Kier molecular flexibility index (Phi) is 9.84. The first-order valence-electron chi connectivity index (χ1n) is 16.3. The van der Waals surface area contributed by atoms with Crippen LogP contribution >= 0.6 is 11.3 Å². The Labute approximate surface area is 282 Å². The number of fused-ring (bicyclic) bond motifs is 3. The second kappa shape index (κ2) is 13.4. The summed E-state index contributed by atoms with van der Waals surface area (Å²) in [4.78, 5) is 35.6. The third-order valence-corrected chi connectivity index (χ3v) is 9.57. The molecular weight excluding hydrogens is 614 g/mol. The number of aromatic nitrogens is 3. The zero-order valence-electron chi connectivity index (χ0n) is 29.5. The standard InChI is InChI=1S/C29H37N7O2S.C6H12O2/c1-18-19(2)39-27-25(18)26(30-15-24-32-31-20(3)36(24)27)21-7-9-22(10-8-21)33-11-13-34(14-12-33)23-16-35(17-23)28(37)38-29(4,5)6;1-5(7)8-6(2,3)4/h7-10,23H,11-17H2,1-6H3;1-4H3. The Morgan fingerprint density at radius 3 is 2.04 bits per heavy atom. The van der Waals surface area contributed by atoms with Crippen LogP contribution in [-0.4, -0.2) is 98.9 Å². The van der Waals surface area contributed by atoms with Crippen molar-refractivity contribution in [2.24, 2.45) is 4.99 Å². The van der Waals surface area contributed by atoms with E-state index in [1.165, 1.54) is 33.6 Å². The lowest BCUT2D eigenvalue weighted by Crippen LogP contribution is -2.64. The lowest BCUT2D eigenvalue weighted by atomic mass is 9.99. The van der Waals surface area contributed by atoms with Gasteiger partial charge in [0.15, 0.2) is 5.82 Å². The average Bonchev–Trinajstić information content (AvgIpc) is 3.38. The smallest absolute Gasteiger partial charge is 0.410 e. The molecule has 2 aromatic heterocycles. The van der Waals surface area contributed by atoms with Crippen molar-refractivity contribution in [1.82, 2.24) is 24.6 Å². The number of carbonyl (C=O) groups is 2. The summed E-state index contributed by atoms with van der Waals surface area (Å²) in [5.74, 6) is 1.57. The van der Waals surface area contributed by atoms with Gasteiger partial charge in [0, 0.05) is 73.9 Å². The molecule has 0 spiro atoms. The summed E-state index contributed by atoms with van der Waals surface area (Å²) in [5, 5.41) is 9.86. The van der Waals surface area contributed by atoms with Crippen LogP contribution in [0.3, 0.4) is 0 Å². The summed E-state index contributed by atoms with van der Waals surface area (Å²) in [6, 6.07) is 9.30. The van der Waals surface area contributed by atoms with Crippen LogP contribution in [0.5, 0.6) is 0 Å². The number of rotatable bonds is 3. The third kappa shape index (κ3) is 8.03. The summed E-state index contributed by atoms with van der Waals surface area (Å²) in [6.45, 7) is 25.0. The van der Waals surface area contributed by atoms with Gasteiger partial charge in [-0.1, -0.05) is 12.1 Å². The van der Waals surface area contributed by atoms with E-state index in [1.54, 1.807) is 11.3 Å². The largest absolute Gasteiger partial charge is 0.460 e. The molecule has 5 heterocycles. The number of hydrogen-bond donors (Lipinski definition) is 0. The topological polar surface area (TPSA) is 105 Å². The molecule has 47 heavy (non-hydrogen) atoms. The Morgan fingerprint density at radius 1 is 0.872 bits per heavy atom. The van der Waals surface area contributed by atoms with Crippen molar-refractivity contribution in [3.05, 3.63) is 57.5 Å². The van der Waals surface area contributed by atoms with Crippen molar-refractivity contribution in [3.63, 3.8) is 0 Å². The zero-order valence-corrected chi connectivity index (χ0v) is 30.3. The summed E-state index contributed by atoms with van der Waals surface area (Å²) in [6.07, 6.45) is -0.202. The van der Waals surface area contributed by atoms with Crippen LogP contribution in [0.4, 0.5) is 10.5 Å². The van der Waals surface area contributed by atoms with Gasteiger partial charge < -0.3 is 19.3 Å². The number of piperazine rings is 1. The molecule has 3 aliphatic heterocycles. The van der Waals surface area contributed by atoms with E-state index in [9.17, 15) is 9.59 Å². The van der Waals surface area contributed by atoms with E-state index in [1.807, 2.05) is 53.4 Å². The molecule has 2 saturated heterocycles. The van der Waals surface area contributed by atoms with Gasteiger partial charge >= 0.3 is 12.1 Å². The summed E-state index contributed by atoms with van der Waals surface area (Å²) < 4.78 is 12.5. The normalized spacial score (nSPS) is 17.0. The molecule has 0 unspecified atom stereocenters. The van der Waals surface area contributed by atoms with Gasteiger partial charge in [-0.15, -0.1) is 21.5 Å². The molecule has 0 aliphatic carbocycles. The maximum absolute atomic E-state index is 12.3. The van der Waals surface area contributed by atoms with Crippen molar-refractivity contribution in [2.45, 2.75) is 93.0 Å². The highest BCUT2D eigenvalue weighted by molar-refractivity contribution is 7.15. The molecule has 254 valence electrons. The number of nitrogens with zero attached hydrogens (tertiary/aromatic N) is 7. The van der Waals surface area contributed by atoms with Gasteiger partial charge in [-0.2, -0.15) is 0 Å². The lowest BCUT2D eigenvalue weighted by Gasteiger charge is -2.48. The number of esters is 1. The first-order chi connectivity index (χ1) is 22.0. The highest BCUT2D eigenvalue weighted by Gasteiger charge is 2.38. The number of hydrogen-bond acceptors (Lipinski definition) is 10. The molecule has 2 fully saturated rings. The second-order valence-corrected chi connectivity index (χ2v) is 15.6. The number of amides is 1. The van der Waals surface area contributed by atoms with E-state index in [-0.39, 0.29) is 17.7 Å². The molecule has 6 rings (SSSR count). The van der Waals surface area contributed by atoms with Crippen LogP contribution in [0, 0.1) is 20.8 Å². The van der Waals surface area contributed by atoms with Gasteiger partial charge in [-0.3, -0.25) is 19.3 Å². The SMILES string of the molecule is CC(=O)OC(C)(C)C.Cc1sc2c(c1C)C(c1ccc(N3CCN(C4CN(C(=O)OC(C)(C)C)C4)CC3)cc1)=NCc1nnc(C)n1-2. The van der Waals surface area contributed by atoms with E-state index in [4.69, 9.17) is 14.5 Å². The summed E-state index contributed by atoms with van der Waals surface area (Å²) in [7, 11) is 0. The fourth-order valence-electron chi connectivity index (χ4n) is 6.05. The van der Waals surface area contributed by atoms with Gasteiger partial charge in [0.1, 0.15) is 28.6 Å². The third-order valence-electron chi connectivity index (χ3n) is 8.38. The van der Waals surface area contributed by atoms with Crippen LogP contribution in [0.1, 0.15) is 81.7 Å². The Morgan fingerprint density at radius 2 is 1.49 bits per heavy atom. The van der Waals surface area contributed by atoms with Gasteiger partial charge in [0.05, 0.1) is 5.71 Å². The second-order valence-electron chi connectivity index (χ2n) is 14.4. The molecular formula is C35H49N7O4S. The number of ether oxygens (including phenoxy) is 2. The lowest BCUT2D eigenvalue weighted by molar-refractivity contribution is -0.151. The Bertz CT molecular complexity index is 1630. The molecule has 1 aromatic carbocycles. The fourth-order valence-corrected chi connectivity index (χ4v) is 7.28. The van der Waals surface area contributed by atoms with E-state index < -0.39 is 5.60 Å². The van der Waals surface area contributed by atoms with Crippen LogP contribution < -0.4 is 4.90 Å². The zero-order chi connectivity index (χ0) is 34.3. The molecule has 0 atom stereocenters. The van der Waals surface area contributed by atoms with Crippen molar-refractivity contribution < 1.29 is 19.1 Å². The van der Waals surface area contributed by atoms with Crippen molar-refractivity contribution in [1.29, 1.82) is 0 Å². The van der Waals surface area contributed by atoms with Crippen LogP contribution in [0.15, 0.2) is 29.3 Å². The molecule has 3 aliphatic rings. The predicted octanol–water partition coefficient (Wildman–Crippen LogP) is 5.69. The first kappa shape index (κ1) is 34.6. The maximum atomic E-state index is 12.3. The summed E-state index contributed by atoms with van der Waals surface area (Å²) >= 11 is 1.79. The molecule has 1 amide bonds. The minimum atomic E-state index is -0.449. The molecule has 11 nitrogen and oxygen atoms in total. The van der Waals surface area contributed by atoms with Crippen molar-refractivity contribution in [3.8, 4) is 5.00 Å². The molecule has 0 saturated carbocycles. The van der Waals surface area contributed by atoms with Crippen LogP contribution in [-0.2, 0) is 20.8 Å². The number of aryl methyl sites for hydroxylation is 2. The van der Waals surface area contributed by atoms with E-state index in [0.717, 1.165) is 62.2 Å². The molecule has 0 N–H and O–H groups in total. The van der Waals surface area contributed by atoms with Gasteiger partial charge in [0.2, 0.25) is 0 Å². The van der Waals surface area contributed by atoms with Gasteiger partial charge in [-0.05, 0) is 80.0 Å². The predicted molar refractivity (Wildman–Crippen MR) is 186 cm³/mol. The number of carbonyl (C=O) groups excluding carboxylic acids is 2. The molecule has 0 bridgehead atoms. The molecule has 3 aromatic rings. The maximum Gasteiger partial charge on any atom is 0.410 e. The van der Waals surface area contributed by atoms with E-state index >= 15 is 0 Å². The van der Waals surface area contributed by atoms with E-state index in [2.05, 4.69) is 62.7 Å². The first-order valence-corrected chi connectivity index (χ1v) is 17.2. The van der Waals surface area contributed by atoms with Crippen molar-refractivity contribution in [2.75, 3.05) is 44.2 Å². The minimum absolute atomic E-state index is 0.202. The Hall–Kier alpha value is -3.77.